The molecule has 138 valence electrons. The molecular weight excluding hydrogens is 344 g/mol. The summed E-state index contributed by atoms with van der Waals surface area (Å²) in [5, 5.41) is 5.42. The Bertz CT molecular complexity index is 786. The maximum absolute atomic E-state index is 6.17. The van der Waals surface area contributed by atoms with Crippen LogP contribution in [0.3, 0.4) is 0 Å². The van der Waals surface area contributed by atoms with Crippen molar-refractivity contribution < 1.29 is 0 Å². The van der Waals surface area contributed by atoms with Gasteiger partial charge in [0.25, 0.3) is 0 Å². The molecule has 3 fully saturated rings. The van der Waals surface area contributed by atoms with E-state index in [4.69, 9.17) is 11.6 Å². The van der Waals surface area contributed by atoms with Crippen LogP contribution in [0.2, 0.25) is 5.02 Å². The first kappa shape index (κ1) is 16.8. The zero-order valence-electron chi connectivity index (χ0n) is 15.3. The number of anilines is 1. The Labute approximate surface area is 160 Å². The largest absolute Gasteiger partial charge is 0.367 e. The zero-order valence-corrected chi connectivity index (χ0v) is 16.0. The highest BCUT2D eigenvalue weighted by atomic mass is 35.5. The van der Waals surface area contributed by atoms with Crippen LogP contribution in [0.1, 0.15) is 51.4 Å². The molecule has 4 nitrogen and oxygen atoms in total. The van der Waals surface area contributed by atoms with Crippen molar-refractivity contribution in [3.8, 4) is 0 Å². The summed E-state index contributed by atoms with van der Waals surface area (Å²) in [5.41, 5.74) is 1.73. The second kappa shape index (κ2) is 6.65. The van der Waals surface area contributed by atoms with Crippen molar-refractivity contribution in [2.45, 2.75) is 63.5 Å². The average Bonchev–Trinajstić information content (AvgIpc) is 3.43. The van der Waals surface area contributed by atoms with Crippen LogP contribution in [0, 0.1) is 5.41 Å². The third-order valence-electron chi connectivity index (χ3n) is 6.97. The van der Waals surface area contributed by atoms with Crippen LogP contribution in [0.25, 0.3) is 10.9 Å². The molecule has 1 N–H and O–H groups in total. The lowest BCUT2D eigenvalue weighted by Crippen LogP contribution is -2.45. The van der Waals surface area contributed by atoms with E-state index in [0.29, 0.717) is 6.04 Å². The summed E-state index contributed by atoms with van der Waals surface area (Å²) in [6.07, 6.45) is 12.6. The van der Waals surface area contributed by atoms with Crippen molar-refractivity contribution in [3.05, 3.63) is 29.5 Å². The molecule has 2 saturated carbocycles. The van der Waals surface area contributed by atoms with Crippen LogP contribution >= 0.6 is 11.6 Å². The van der Waals surface area contributed by atoms with Crippen LogP contribution < -0.4 is 5.32 Å². The molecule has 0 radical (unpaired) electrons. The summed E-state index contributed by atoms with van der Waals surface area (Å²) < 4.78 is 0. The SMILES string of the molecule is Clc1ccc2ncnc(N[C@H]3CC[C@H](N4CCC5(CC4)CC5)CC3)c2c1. The number of piperidine rings is 1. The molecule has 0 unspecified atom stereocenters. The molecule has 1 aromatic carbocycles. The maximum atomic E-state index is 6.17. The average molecular weight is 371 g/mol. The number of halogens is 1. The molecule has 3 aliphatic rings. The lowest BCUT2D eigenvalue weighted by Gasteiger charge is -2.41. The fourth-order valence-corrected chi connectivity index (χ4v) is 5.13. The minimum atomic E-state index is 0.503. The van der Waals surface area contributed by atoms with Crippen LogP contribution in [-0.4, -0.2) is 40.0 Å². The van der Waals surface area contributed by atoms with Crippen molar-refractivity contribution in [2.24, 2.45) is 5.41 Å². The molecule has 5 heteroatoms. The topological polar surface area (TPSA) is 41.1 Å². The highest BCUT2D eigenvalue weighted by Gasteiger charge is 2.45. The van der Waals surface area contributed by atoms with Crippen molar-refractivity contribution >= 4 is 28.3 Å². The Balaban J connectivity index is 1.20. The fraction of sp³-hybridized carbons (Fsp3) is 0.619. The molecule has 5 rings (SSSR count). The first-order valence-electron chi connectivity index (χ1n) is 10.1. The van der Waals surface area contributed by atoms with Gasteiger partial charge in [-0.25, -0.2) is 9.97 Å². The second-order valence-electron chi connectivity index (χ2n) is 8.57. The predicted octanol–water partition coefficient (Wildman–Crippen LogP) is 4.88. The number of hydrogen-bond acceptors (Lipinski definition) is 4. The van der Waals surface area contributed by atoms with Gasteiger partial charge in [-0.1, -0.05) is 11.6 Å². The highest BCUT2D eigenvalue weighted by Crippen LogP contribution is 2.54. The Morgan fingerprint density at radius 1 is 1.00 bits per heavy atom. The van der Waals surface area contributed by atoms with E-state index in [1.54, 1.807) is 6.33 Å². The Kier molecular flexibility index (Phi) is 4.29. The first-order chi connectivity index (χ1) is 12.7. The van der Waals surface area contributed by atoms with Gasteiger partial charge < -0.3 is 10.2 Å². The van der Waals surface area contributed by atoms with E-state index in [2.05, 4.69) is 20.2 Å². The van der Waals surface area contributed by atoms with Crippen LogP contribution in [-0.2, 0) is 0 Å². The van der Waals surface area contributed by atoms with Gasteiger partial charge in [0.1, 0.15) is 12.1 Å². The molecule has 1 aromatic heterocycles. The highest BCUT2D eigenvalue weighted by molar-refractivity contribution is 6.31. The second-order valence-corrected chi connectivity index (χ2v) is 9.01. The van der Waals surface area contributed by atoms with Gasteiger partial charge in [-0.2, -0.15) is 0 Å². The van der Waals surface area contributed by atoms with Gasteiger partial charge >= 0.3 is 0 Å². The predicted molar refractivity (Wildman–Crippen MR) is 107 cm³/mol. The number of hydrogen-bond donors (Lipinski definition) is 1. The van der Waals surface area contributed by atoms with E-state index in [0.717, 1.165) is 33.2 Å². The third kappa shape index (κ3) is 3.29. The van der Waals surface area contributed by atoms with Crippen molar-refractivity contribution in [2.75, 3.05) is 18.4 Å². The van der Waals surface area contributed by atoms with E-state index in [1.165, 1.54) is 64.5 Å². The lowest BCUT2D eigenvalue weighted by molar-refractivity contribution is 0.0975. The molecule has 0 amide bonds. The molecule has 0 atom stereocenters. The van der Waals surface area contributed by atoms with E-state index in [9.17, 15) is 0 Å². The fourth-order valence-electron chi connectivity index (χ4n) is 4.96. The number of nitrogens with one attached hydrogen (secondary N) is 1. The monoisotopic (exact) mass is 370 g/mol. The summed E-state index contributed by atoms with van der Waals surface area (Å²) >= 11 is 6.17. The number of fused-ring (bicyclic) bond motifs is 1. The van der Waals surface area contributed by atoms with Crippen molar-refractivity contribution in [3.63, 3.8) is 0 Å². The Morgan fingerprint density at radius 2 is 1.77 bits per heavy atom. The first-order valence-corrected chi connectivity index (χ1v) is 10.5. The van der Waals surface area contributed by atoms with Gasteiger partial charge in [-0.3, -0.25) is 0 Å². The number of rotatable bonds is 3. The van der Waals surface area contributed by atoms with Crippen LogP contribution in [0.4, 0.5) is 5.82 Å². The molecule has 1 spiro atoms. The summed E-state index contributed by atoms with van der Waals surface area (Å²) in [6.45, 7) is 2.66. The summed E-state index contributed by atoms with van der Waals surface area (Å²) in [4.78, 5) is 11.6. The third-order valence-corrected chi connectivity index (χ3v) is 7.20. The van der Waals surface area contributed by atoms with E-state index in [1.807, 2.05) is 18.2 Å². The molecule has 1 aliphatic heterocycles. The van der Waals surface area contributed by atoms with E-state index < -0.39 is 0 Å². The van der Waals surface area contributed by atoms with Gasteiger partial charge in [0.2, 0.25) is 0 Å². The van der Waals surface area contributed by atoms with Gasteiger partial charge in [-0.05, 0) is 88.1 Å². The lowest BCUT2D eigenvalue weighted by atomic mass is 9.86. The van der Waals surface area contributed by atoms with Crippen molar-refractivity contribution in [1.82, 2.24) is 14.9 Å². The number of benzene rings is 1. The smallest absolute Gasteiger partial charge is 0.137 e. The van der Waals surface area contributed by atoms with Gasteiger partial charge in [0.15, 0.2) is 0 Å². The molecule has 2 aromatic rings. The van der Waals surface area contributed by atoms with Crippen LogP contribution in [0.15, 0.2) is 24.5 Å². The molecule has 2 aliphatic carbocycles. The molecule has 2 heterocycles. The molecule has 1 saturated heterocycles. The maximum Gasteiger partial charge on any atom is 0.137 e. The summed E-state index contributed by atoms with van der Waals surface area (Å²) in [6, 6.07) is 7.11. The quantitative estimate of drug-likeness (QED) is 0.835. The number of likely N-dealkylation sites (tertiary alicyclic amines) is 1. The normalized spacial score (nSPS) is 28.3. The Hall–Kier alpha value is -1.39. The van der Waals surface area contributed by atoms with Gasteiger partial charge in [-0.15, -0.1) is 0 Å². The van der Waals surface area contributed by atoms with Crippen LogP contribution in [0.5, 0.6) is 0 Å². The van der Waals surface area contributed by atoms with Crippen molar-refractivity contribution in [1.29, 1.82) is 0 Å². The summed E-state index contributed by atoms with van der Waals surface area (Å²) in [5.74, 6) is 0.926. The Morgan fingerprint density at radius 3 is 2.50 bits per heavy atom. The number of aromatic nitrogens is 2. The van der Waals surface area contributed by atoms with E-state index >= 15 is 0 Å². The minimum Gasteiger partial charge on any atom is -0.367 e. The van der Waals surface area contributed by atoms with Gasteiger partial charge in [0, 0.05) is 22.5 Å². The minimum absolute atomic E-state index is 0.503. The molecular formula is C21H27ClN4. The van der Waals surface area contributed by atoms with Gasteiger partial charge in [0.05, 0.1) is 5.52 Å². The molecule has 0 bridgehead atoms. The zero-order chi connectivity index (χ0) is 17.6. The summed E-state index contributed by atoms with van der Waals surface area (Å²) in [7, 11) is 0. The number of nitrogens with zero attached hydrogens (tertiary/aromatic N) is 3. The standard InChI is InChI=1S/C21H27ClN4/c22-15-1-6-19-18(13-15)20(24-14-23-19)25-16-2-4-17(5-3-16)26-11-9-21(7-8-21)10-12-26/h1,6,13-14,16-17H,2-5,7-12H2,(H,23,24,25)/t16-,17-. The van der Waals surface area contributed by atoms with E-state index in [-0.39, 0.29) is 0 Å². The molecule has 26 heavy (non-hydrogen) atoms.